The topological polar surface area (TPSA) is 90.0 Å². The third-order valence-electron chi connectivity index (χ3n) is 3.99. The summed E-state index contributed by atoms with van der Waals surface area (Å²) < 4.78 is 6.53. The molecule has 8 heteroatoms. The van der Waals surface area contributed by atoms with E-state index in [1.807, 2.05) is 17.5 Å². The van der Waals surface area contributed by atoms with Crippen molar-refractivity contribution in [2.45, 2.75) is 25.3 Å². The average molecular weight is 356 g/mol. The Morgan fingerprint density at radius 2 is 2.24 bits per heavy atom. The molecule has 1 amide bonds. The second-order valence-corrected chi connectivity index (χ2v) is 6.85. The standard InChI is InChI=1S/C17H16N4O3S/c22-16-6-5-12(15-2-1-9-25-15)19-21(16)8-7-18-17(23)13-10-14(24-20-13)11-3-4-11/h1-2,5-6,9-11H,3-4,7-8H2,(H,18,23). The number of amides is 1. The number of carbonyl (C=O) groups is 1. The fourth-order valence-electron chi connectivity index (χ4n) is 2.49. The van der Waals surface area contributed by atoms with Gasteiger partial charge in [0.25, 0.3) is 11.5 Å². The molecule has 25 heavy (non-hydrogen) atoms. The van der Waals surface area contributed by atoms with Crippen LogP contribution >= 0.6 is 11.3 Å². The minimum atomic E-state index is -0.307. The van der Waals surface area contributed by atoms with Gasteiger partial charge in [0.1, 0.15) is 11.5 Å². The van der Waals surface area contributed by atoms with Crippen molar-refractivity contribution in [2.75, 3.05) is 6.54 Å². The molecular formula is C17H16N4O3S. The van der Waals surface area contributed by atoms with E-state index >= 15 is 0 Å². The van der Waals surface area contributed by atoms with Crippen molar-refractivity contribution in [1.29, 1.82) is 0 Å². The SMILES string of the molecule is O=C(NCCn1nc(-c2cccs2)ccc1=O)c1cc(C2CC2)on1. The molecule has 3 aromatic rings. The first kappa shape index (κ1) is 15.8. The fraction of sp³-hybridized carbons (Fsp3) is 0.294. The predicted molar refractivity (Wildman–Crippen MR) is 92.6 cm³/mol. The molecule has 0 saturated heterocycles. The molecule has 1 fully saturated rings. The predicted octanol–water partition coefficient (Wildman–Crippen LogP) is 2.27. The van der Waals surface area contributed by atoms with Crippen molar-refractivity contribution >= 4 is 17.2 Å². The lowest BCUT2D eigenvalue weighted by Crippen LogP contribution is -2.32. The van der Waals surface area contributed by atoms with Gasteiger partial charge in [-0.1, -0.05) is 11.2 Å². The summed E-state index contributed by atoms with van der Waals surface area (Å²) in [5.41, 5.74) is 0.813. The molecule has 7 nitrogen and oxygen atoms in total. The summed E-state index contributed by atoms with van der Waals surface area (Å²) in [6, 6.07) is 8.77. The Morgan fingerprint density at radius 1 is 1.36 bits per heavy atom. The Labute approximate surface area is 147 Å². The second-order valence-electron chi connectivity index (χ2n) is 5.90. The maximum Gasteiger partial charge on any atom is 0.273 e. The number of nitrogens with one attached hydrogen (secondary N) is 1. The van der Waals surface area contributed by atoms with Crippen molar-refractivity contribution in [3.63, 3.8) is 0 Å². The summed E-state index contributed by atoms with van der Waals surface area (Å²) in [5.74, 6) is 0.876. The zero-order valence-corrected chi connectivity index (χ0v) is 14.2. The lowest BCUT2D eigenvalue weighted by molar-refractivity contribution is 0.0942. The minimum Gasteiger partial charge on any atom is -0.360 e. The Balaban J connectivity index is 1.38. The van der Waals surface area contributed by atoms with Crippen molar-refractivity contribution in [2.24, 2.45) is 0 Å². The lowest BCUT2D eigenvalue weighted by Gasteiger charge is -2.07. The highest BCUT2D eigenvalue weighted by Crippen LogP contribution is 2.40. The van der Waals surface area contributed by atoms with Crippen LogP contribution < -0.4 is 10.9 Å². The van der Waals surface area contributed by atoms with Crippen LogP contribution in [-0.4, -0.2) is 27.4 Å². The van der Waals surface area contributed by atoms with E-state index in [4.69, 9.17) is 4.52 Å². The number of aromatic nitrogens is 3. The van der Waals surface area contributed by atoms with Crippen LogP contribution in [0.3, 0.4) is 0 Å². The zero-order chi connectivity index (χ0) is 17.2. The van der Waals surface area contributed by atoms with Crippen LogP contribution in [0.1, 0.15) is 35.0 Å². The number of carbonyl (C=O) groups excluding carboxylic acids is 1. The van der Waals surface area contributed by atoms with Gasteiger partial charge in [0.15, 0.2) is 5.69 Å². The number of nitrogens with zero attached hydrogens (tertiary/aromatic N) is 3. The summed E-state index contributed by atoms with van der Waals surface area (Å²) in [5, 5.41) is 12.8. The first-order valence-corrected chi connectivity index (χ1v) is 8.95. The number of hydrogen-bond acceptors (Lipinski definition) is 6. The first-order valence-electron chi connectivity index (χ1n) is 8.07. The quantitative estimate of drug-likeness (QED) is 0.732. The number of thiophene rings is 1. The monoisotopic (exact) mass is 356 g/mol. The molecule has 0 radical (unpaired) electrons. The Morgan fingerprint density at radius 3 is 3.00 bits per heavy atom. The Bertz CT molecular complexity index is 941. The molecule has 0 spiro atoms. The molecule has 4 rings (SSSR count). The van der Waals surface area contributed by atoms with E-state index in [-0.39, 0.29) is 30.2 Å². The van der Waals surface area contributed by atoms with Crippen LogP contribution in [0.2, 0.25) is 0 Å². The van der Waals surface area contributed by atoms with Crippen LogP contribution in [0, 0.1) is 0 Å². The largest absolute Gasteiger partial charge is 0.360 e. The molecule has 1 N–H and O–H groups in total. The Kier molecular flexibility index (Phi) is 4.19. The molecule has 0 unspecified atom stereocenters. The van der Waals surface area contributed by atoms with E-state index < -0.39 is 0 Å². The average Bonchev–Trinajstić information content (AvgIpc) is 3.13. The Hall–Kier alpha value is -2.74. The van der Waals surface area contributed by atoms with Gasteiger partial charge in [-0.25, -0.2) is 4.68 Å². The van der Waals surface area contributed by atoms with Crippen LogP contribution in [0.5, 0.6) is 0 Å². The highest BCUT2D eigenvalue weighted by atomic mass is 32.1. The zero-order valence-electron chi connectivity index (χ0n) is 13.3. The van der Waals surface area contributed by atoms with Crippen LogP contribution in [0.25, 0.3) is 10.6 Å². The summed E-state index contributed by atoms with van der Waals surface area (Å²) in [6.45, 7) is 0.572. The van der Waals surface area contributed by atoms with E-state index in [0.717, 1.165) is 29.2 Å². The third-order valence-corrected chi connectivity index (χ3v) is 4.88. The maximum absolute atomic E-state index is 12.1. The van der Waals surface area contributed by atoms with Crippen LogP contribution in [0.15, 0.2) is 45.0 Å². The summed E-state index contributed by atoms with van der Waals surface area (Å²) in [4.78, 5) is 25.0. The van der Waals surface area contributed by atoms with Crippen LogP contribution in [-0.2, 0) is 6.54 Å². The molecule has 1 saturated carbocycles. The lowest BCUT2D eigenvalue weighted by atomic mass is 10.3. The van der Waals surface area contributed by atoms with E-state index in [9.17, 15) is 9.59 Å². The molecule has 0 aliphatic heterocycles. The van der Waals surface area contributed by atoms with Gasteiger partial charge < -0.3 is 9.84 Å². The minimum absolute atomic E-state index is 0.202. The van der Waals surface area contributed by atoms with Gasteiger partial charge in [-0.3, -0.25) is 9.59 Å². The summed E-state index contributed by atoms with van der Waals surface area (Å²) in [6.07, 6.45) is 2.18. The van der Waals surface area contributed by atoms with Crippen molar-refractivity contribution in [3.8, 4) is 10.6 Å². The van der Waals surface area contributed by atoms with Crippen molar-refractivity contribution in [1.82, 2.24) is 20.3 Å². The highest BCUT2D eigenvalue weighted by molar-refractivity contribution is 7.13. The second kappa shape index (κ2) is 6.64. The van der Waals surface area contributed by atoms with Gasteiger partial charge in [0, 0.05) is 24.6 Å². The maximum atomic E-state index is 12.1. The summed E-state index contributed by atoms with van der Waals surface area (Å²) >= 11 is 1.56. The van der Waals surface area contributed by atoms with Crippen molar-refractivity contribution < 1.29 is 9.32 Å². The van der Waals surface area contributed by atoms with E-state index in [1.54, 1.807) is 23.5 Å². The fourth-order valence-corrected chi connectivity index (χ4v) is 3.18. The molecule has 3 heterocycles. The third kappa shape index (κ3) is 3.53. The molecule has 1 aliphatic carbocycles. The normalized spacial score (nSPS) is 13.8. The molecule has 0 bridgehead atoms. The van der Waals surface area contributed by atoms with Gasteiger partial charge in [-0.05, 0) is 30.4 Å². The van der Waals surface area contributed by atoms with Gasteiger partial charge in [0.05, 0.1) is 11.4 Å². The van der Waals surface area contributed by atoms with E-state index in [0.29, 0.717) is 5.92 Å². The molecule has 128 valence electrons. The number of rotatable bonds is 6. The molecule has 0 aromatic carbocycles. The molecule has 1 aliphatic rings. The van der Waals surface area contributed by atoms with Crippen molar-refractivity contribution in [3.05, 3.63) is 57.5 Å². The van der Waals surface area contributed by atoms with Gasteiger partial charge in [0.2, 0.25) is 0 Å². The molecule has 0 atom stereocenters. The summed E-state index contributed by atoms with van der Waals surface area (Å²) in [7, 11) is 0. The van der Waals surface area contributed by atoms with Gasteiger partial charge in [-0.2, -0.15) is 5.10 Å². The van der Waals surface area contributed by atoms with Gasteiger partial charge in [-0.15, -0.1) is 11.3 Å². The first-order chi connectivity index (χ1) is 12.2. The highest BCUT2D eigenvalue weighted by Gasteiger charge is 2.28. The van der Waals surface area contributed by atoms with E-state index in [2.05, 4.69) is 15.6 Å². The molecule has 3 aromatic heterocycles. The van der Waals surface area contributed by atoms with Gasteiger partial charge >= 0.3 is 0 Å². The van der Waals surface area contributed by atoms with Crippen LogP contribution in [0.4, 0.5) is 0 Å². The van der Waals surface area contributed by atoms with E-state index in [1.165, 1.54) is 10.7 Å². The number of hydrogen-bond donors (Lipinski definition) is 1. The smallest absolute Gasteiger partial charge is 0.273 e. The molecular weight excluding hydrogens is 340 g/mol.